The number of amides is 2. The third-order valence-electron chi connectivity index (χ3n) is 4.51. The number of hydrogen-bond acceptors (Lipinski definition) is 5. The molecule has 0 aliphatic heterocycles. The van der Waals surface area contributed by atoms with Crippen molar-refractivity contribution in [1.82, 2.24) is 14.9 Å². The van der Waals surface area contributed by atoms with Crippen molar-refractivity contribution in [2.24, 2.45) is 0 Å². The fourth-order valence-electron chi connectivity index (χ4n) is 2.97. The summed E-state index contributed by atoms with van der Waals surface area (Å²) in [6.45, 7) is 0.740. The first-order valence-electron chi connectivity index (χ1n) is 9.48. The number of methoxy groups -OCH3 is 1. The van der Waals surface area contributed by atoms with Gasteiger partial charge in [0.25, 0.3) is 11.5 Å². The first kappa shape index (κ1) is 22.7. The first-order chi connectivity index (χ1) is 14.9. The fourth-order valence-corrected chi connectivity index (χ4v) is 3.38. The molecule has 10 heteroatoms. The Kier molecular flexibility index (Phi) is 7.56. The number of nitrogens with one attached hydrogen (secondary N) is 3. The maximum atomic E-state index is 12.7. The number of H-pyrrole nitrogens is 1. The summed E-state index contributed by atoms with van der Waals surface area (Å²) in [4.78, 5) is 40.2. The minimum Gasteiger partial charge on any atom is -0.385 e. The van der Waals surface area contributed by atoms with Gasteiger partial charge in [0.05, 0.1) is 17.4 Å². The Morgan fingerprint density at radius 1 is 1.19 bits per heavy atom. The summed E-state index contributed by atoms with van der Waals surface area (Å²) < 4.78 is 6.75. The van der Waals surface area contributed by atoms with E-state index < -0.39 is 5.91 Å². The summed E-state index contributed by atoms with van der Waals surface area (Å²) in [7, 11) is 1.60. The van der Waals surface area contributed by atoms with Crippen LogP contribution in [0.4, 0.5) is 5.69 Å². The molecule has 0 radical (unpaired) electrons. The lowest BCUT2D eigenvalue weighted by Crippen LogP contribution is -2.33. The van der Waals surface area contributed by atoms with Gasteiger partial charge in [-0.1, -0.05) is 11.6 Å². The molecule has 0 bridgehead atoms. The average Bonchev–Trinajstić information content (AvgIpc) is 2.75. The molecule has 31 heavy (non-hydrogen) atoms. The van der Waals surface area contributed by atoms with Gasteiger partial charge in [0.15, 0.2) is 4.77 Å². The lowest BCUT2D eigenvalue weighted by atomic mass is 10.1. The molecule has 1 aromatic heterocycles. The SMILES string of the molecule is COCCCn1c(=S)[nH]c2cc(C(=O)NCC(=O)Nc3ccc(Cl)cc3)ccc2c1=O. The summed E-state index contributed by atoms with van der Waals surface area (Å²) in [6.07, 6.45) is 0.651. The number of anilines is 1. The zero-order valence-corrected chi connectivity index (χ0v) is 18.3. The molecule has 0 aliphatic rings. The smallest absolute Gasteiger partial charge is 0.262 e. The van der Waals surface area contributed by atoms with Crippen LogP contribution in [0.3, 0.4) is 0 Å². The average molecular weight is 461 g/mol. The molecule has 3 aromatic rings. The number of nitrogens with zero attached hydrogens (tertiary/aromatic N) is 1. The van der Waals surface area contributed by atoms with Crippen LogP contribution in [0.5, 0.6) is 0 Å². The normalized spacial score (nSPS) is 10.8. The predicted molar refractivity (Wildman–Crippen MR) is 122 cm³/mol. The van der Waals surface area contributed by atoms with Crippen molar-refractivity contribution >= 4 is 52.2 Å². The molecule has 0 aliphatic carbocycles. The molecule has 3 N–H and O–H groups in total. The third-order valence-corrected chi connectivity index (χ3v) is 5.09. The quantitative estimate of drug-likeness (QED) is 0.354. The van der Waals surface area contributed by atoms with Gasteiger partial charge in [0.1, 0.15) is 0 Å². The topological polar surface area (TPSA) is 105 Å². The molecule has 0 saturated heterocycles. The van der Waals surface area contributed by atoms with Crippen molar-refractivity contribution < 1.29 is 14.3 Å². The zero-order chi connectivity index (χ0) is 22.4. The van der Waals surface area contributed by atoms with E-state index in [1.807, 2.05) is 0 Å². The van der Waals surface area contributed by atoms with Crippen LogP contribution in [0.25, 0.3) is 10.9 Å². The molecule has 0 unspecified atom stereocenters. The van der Waals surface area contributed by atoms with Gasteiger partial charge in [0.2, 0.25) is 5.91 Å². The monoisotopic (exact) mass is 460 g/mol. The minimum absolute atomic E-state index is 0.212. The second-order valence-corrected chi connectivity index (χ2v) is 7.55. The number of aromatic amines is 1. The first-order valence-corrected chi connectivity index (χ1v) is 10.3. The van der Waals surface area contributed by atoms with Gasteiger partial charge in [-0.2, -0.15) is 0 Å². The molecular formula is C21H21ClN4O4S. The molecule has 0 saturated carbocycles. The van der Waals surface area contributed by atoms with E-state index in [0.717, 1.165) is 0 Å². The van der Waals surface area contributed by atoms with Crippen molar-refractivity contribution in [3.63, 3.8) is 0 Å². The fraction of sp³-hybridized carbons (Fsp3) is 0.238. The number of hydrogen-bond donors (Lipinski definition) is 3. The summed E-state index contributed by atoms with van der Waals surface area (Å²) in [5.41, 5.74) is 1.10. The third kappa shape index (κ3) is 5.78. The molecule has 8 nitrogen and oxygen atoms in total. The van der Waals surface area contributed by atoms with Crippen LogP contribution in [0.2, 0.25) is 5.02 Å². The van der Waals surface area contributed by atoms with Crippen LogP contribution in [-0.4, -0.2) is 41.6 Å². The predicted octanol–water partition coefficient (Wildman–Crippen LogP) is 3.12. The Morgan fingerprint density at radius 2 is 1.94 bits per heavy atom. The van der Waals surface area contributed by atoms with Crippen molar-refractivity contribution in [2.75, 3.05) is 25.6 Å². The number of fused-ring (bicyclic) bond motifs is 1. The van der Waals surface area contributed by atoms with Gasteiger partial charge in [-0.3, -0.25) is 19.0 Å². The van der Waals surface area contributed by atoms with Crippen LogP contribution in [0, 0.1) is 4.77 Å². The summed E-state index contributed by atoms with van der Waals surface area (Å²) >= 11 is 11.1. The highest BCUT2D eigenvalue weighted by Gasteiger charge is 2.12. The molecule has 0 spiro atoms. The van der Waals surface area contributed by atoms with E-state index in [1.165, 1.54) is 10.6 Å². The molecule has 2 amide bonds. The second-order valence-electron chi connectivity index (χ2n) is 6.73. The van der Waals surface area contributed by atoms with Gasteiger partial charge in [0, 0.05) is 36.5 Å². The van der Waals surface area contributed by atoms with Crippen molar-refractivity contribution in [2.45, 2.75) is 13.0 Å². The molecular weight excluding hydrogens is 440 g/mol. The van der Waals surface area contributed by atoms with Crippen LogP contribution in [0.15, 0.2) is 47.3 Å². The lowest BCUT2D eigenvalue weighted by Gasteiger charge is -2.10. The van der Waals surface area contributed by atoms with Crippen LogP contribution in [-0.2, 0) is 16.1 Å². The van der Waals surface area contributed by atoms with Crippen molar-refractivity contribution in [3.8, 4) is 0 Å². The number of halogens is 1. The summed E-state index contributed by atoms with van der Waals surface area (Å²) in [5.74, 6) is -0.827. The number of ether oxygens (including phenoxy) is 1. The Labute approximate surface area is 188 Å². The highest BCUT2D eigenvalue weighted by molar-refractivity contribution is 7.71. The second kappa shape index (κ2) is 10.3. The lowest BCUT2D eigenvalue weighted by molar-refractivity contribution is -0.115. The van der Waals surface area contributed by atoms with Gasteiger partial charge in [-0.05, 0) is 61.1 Å². The standard InChI is InChI=1S/C21H21ClN4O4S/c1-30-10-2-9-26-20(29)16-8-3-13(11-17(16)25-21(26)31)19(28)23-12-18(27)24-15-6-4-14(22)5-7-15/h3-8,11H,2,9-10,12H2,1H3,(H,23,28)(H,24,27)(H,25,31). The Balaban J connectivity index is 1.69. The van der Waals surface area contributed by atoms with Crippen molar-refractivity contribution in [3.05, 3.63) is 68.2 Å². The van der Waals surface area contributed by atoms with Crippen molar-refractivity contribution in [1.29, 1.82) is 0 Å². The largest absolute Gasteiger partial charge is 0.385 e. The number of aromatic nitrogens is 2. The van der Waals surface area contributed by atoms with E-state index in [1.54, 1.807) is 43.5 Å². The maximum Gasteiger partial charge on any atom is 0.262 e. The van der Waals surface area contributed by atoms with E-state index >= 15 is 0 Å². The van der Waals surface area contributed by atoms with Gasteiger partial charge >= 0.3 is 0 Å². The van der Waals surface area contributed by atoms with E-state index in [4.69, 9.17) is 28.6 Å². The van der Waals surface area contributed by atoms with Crippen LogP contribution < -0.4 is 16.2 Å². The molecule has 1 heterocycles. The van der Waals surface area contributed by atoms with Gasteiger partial charge in [-0.15, -0.1) is 0 Å². The van der Waals surface area contributed by atoms with Gasteiger partial charge in [-0.25, -0.2) is 0 Å². The Hall–Kier alpha value is -3.01. The van der Waals surface area contributed by atoms with Crippen LogP contribution in [0.1, 0.15) is 16.8 Å². The molecule has 0 fully saturated rings. The number of rotatable bonds is 8. The number of benzene rings is 2. The zero-order valence-electron chi connectivity index (χ0n) is 16.7. The number of carbonyl (C=O) groups is 2. The van der Waals surface area contributed by atoms with E-state index in [9.17, 15) is 14.4 Å². The van der Waals surface area contributed by atoms with E-state index in [2.05, 4.69) is 15.6 Å². The molecule has 3 rings (SSSR count). The van der Waals surface area contributed by atoms with Gasteiger partial charge < -0.3 is 20.4 Å². The molecule has 0 atom stereocenters. The van der Waals surface area contributed by atoms with E-state index in [-0.39, 0.29) is 22.8 Å². The number of carbonyl (C=O) groups excluding carboxylic acids is 2. The van der Waals surface area contributed by atoms with Crippen LogP contribution >= 0.6 is 23.8 Å². The highest BCUT2D eigenvalue weighted by atomic mass is 35.5. The minimum atomic E-state index is -0.447. The Bertz CT molecular complexity index is 1220. The molecule has 2 aromatic carbocycles. The molecule has 162 valence electrons. The Morgan fingerprint density at radius 3 is 2.65 bits per heavy atom. The summed E-state index contributed by atoms with van der Waals surface area (Å²) in [6, 6.07) is 11.3. The maximum absolute atomic E-state index is 12.7. The summed E-state index contributed by atoms with van der Waals surface area (Å²) in [5, 5.41) is 6.20. The van der Waals surface area contributed by atoms with E-state index in [0.29, 0.717) is 46.7 Å². The highest BCUT2D eigenvalue weighted by Crippen LogP contribution is 2.13.